The van der Waals surface area contributed by atoms with Crippen molar-refractivity contribution in [2.24, 2.45) is 5.92 Å². The topological polar surface area (TPSA) is 0 Å². The molecule has 0 heteroatoms. The number of rotatable bonds is 4. The van der Waals surface area contributed by atoms with E-state index in [2.05, 4.69) is 32.2 Å². The summed E-state index contributed by atoms with van der Waals surface area (Å²) in [5, 5.41) is 0. The van der Waals surface area contributed by atoms with E-state index in [1.807, 2.05) is 6.08 Å². The molecule has 0 heterocycles. The van der Waals surface area contributed by atoms with Crippen LogP contribution in [0.25, 0.3) is 0 Å². The first kappa shape index (κ1) is 9.26. The quantitative estimate of drug-likeness (QED) is 0.411. The van der Waals surface area contributed by atoms with Crippen LogP contribution in [0.15, 0.2) is 30.5 Å². The van der Waals surface area contributed by atoms with Crippen LogP contribution >= 0.6 is 0 Å². The van der Waals surface area contributed by atoms with Gasteiger partial charge < -0.3 is 0 Å². The molecule has 0 fully saturated rings. The highest BCUT2D eigenvalue weighted by atomic mass is 14.0. The third-order valence-corrected chi connectivity index (χ3v) is 1.34. The Morgan fingerprint density at radius 1 is 1.60 bits per heavy atom. The predicted molar refractivity (Wildman–Crippen MR) is 46.9 cm³/mol. The van der Waals surface area contributed by atoms with Crippen LogP contribution in [-0.2, 0) is 0 Å². The average molecular weight is 136 g/mol. The molecule has 0 nitrogen and oxygen atoms in total. The summed E-state index contributed by atoms with van der Waals surface area (Å²) in [5.41, 5.74) is 3.05. The van der Waals surface area contributed by atoms with Gasteiger partial charge in [-0.25, -0.2) is 0 Å². The minimum Gasteiger partial charge on any atom is -0.125 e. The summed E-state index contributed by atoms with van der Waals surface area (Å²) in [5.74, 6) is 0.654. The molecule has 0 bridgehead atoms. The van der Waals surface area contributed by atoms with E-state index in [1.165, 1.54) is 12.8 Å². The summed E-state index contributed by atoms with van der Waals surface area (Å²) in [4.78, 5) is 0. The lowest BCUT2D eigenvalue weighted by Crippen LogP contribution is -1.85. The second-order valence-electron chi connectivity index (χ2n) is 2.50. The van der Waals surface area contributed by atoms with Crippen molar-refractivity contribution in [1.82, 2.24) is 0 Å². The summed E-state index contributed by atoms with van der Waals surface area (Å²) in [6.07, 6.45) is 8.16. The van der Waals surface area contributed by atoms with Crippen molar-refractivity contribution in [3.05, 3.63) is 30.5 Å². The van der Waals surface area contributed by atoms with Gasteiger partial charge in [-0.1, -0.05) is 32.9 Å². The lowest BCUT2D eigenvalue weighted by Gasteiger charge is -1.98. The fraction of sp³-hybridized carbons (Fsp3) is 0.500. The molecule has 0 aromatic rings. The Hall–Kier alpha value is -0.740. The van der Waals surface area contributed by atoms with Gasteiger partial charge in [0.25, 0.3) is 0 Å². The molecular formula is C10H16. The molecule has 0 amide bonds. The number of hydrogen-bond acceptors (Lipinski definition) is 0. The van der Waals surface area contributed by atoms with Gasteiger partial charge in [0.05, 0.1) is 0 Å². The maximum Gasteiger partial charge on any atom is -0.0186 e. The Balaban J connectivity index is 3.64. The Morgan fingerprint density at radius 3 is 2.80 bits per heavy atom. The first-order valence-corrected chi connectivity index (χ1v) is 3.84. The summed E-state index contributed by atoms with van der Waals surface area (Å²) in [7, 11) is 0. The van der Waals surface area contributed by atoms with Gasteiger partial charge in [0.15, 0.2) is 0 Å². The molecule has 0 aromatic heterocycles. The Kier molecular flexibility index (Phi) is 5.91. The van der Waals surface area contributed by atoms with Crippen LogP contribution in [0.3, 0.4) is 0 Å². The zero-order valence-electron chi connectivity index (χ0n) is 6.93. The van der Waals surface area contributed by atoms with Crippen molar-refractivity contribution >= 4 is 0 Å². The molecule has 1 unspecified atom stereocenters. The fourth-order valence-electron chi connectivity index (χ4n) is 0.827. The van der Waals surface area contributed by atoms with E-state index in [1.54, 1.807) is 6.08 Å². The minimum atomic E-state index is 0.654. The lowest BCUT2D eigenvalue weighted by molar-refractivity contribution is 0.635. The van der Waals surface area contributed by atoms with E-state index < -0.39 is 0 Å². The predicted octanol–water partition coefficient (Wildman–Crippen LogP) is 3.32. The van der Waals surface area contributed by atoms with Crippen molar-refractivity contribution in [3.63, 3.8) is 0 Å². The maximum absolute atomic E-state index is 3.57. The minimum absolute atomic E-state index is 0.654. The smallest absolute Gasteiger partial charge is 0.0186 e. The first-order chi connectivity index (χ1) is 4.81. The molecular weight excluding hydrogens is 120 g/mol. The average Bonchev–Trinajstić information content (AvgIpc) is 1.89. The summed E-state index contributed by atoms with van der Waals surface area (Å²) in [6, 6.07) is 0. The third kappa shape index (κ3) is 5.40. The summed E-state index contributed by atoms with van der Waals surface area (Å²) >= 11 is 0. The molecule has 0 radical (unpaired) electrons. The molecule has 0 saturated carbocycles. The Labute approximate surface area is 64.0 Å². The van der Waals surface area contributed by atoms with Crippen LogP contribution in [0, 0.1) is 5.92 Å². The molecule has 10 heavy (non-hydrogen) atoms. The van der Waals surface area contributed by atoms with Gasteiger partial charge in [-0.3, -0.25) is 0 Å². The zero-order valence-corrected chi connectivity index (χ0v) is 6.93. The molecule has 0 aliphatic heterocycles. The van der Waals surface area contributed by atoms with E-state index in [0.29, 0.717) is 5.92 Å². The van der Waals surface area contributed by atoms with Gasteiger partial charge in [0.1, 0.15) is 0 Å². The molecule has 0 N–H and O–H groups in total. The van der Waals surface area contributed by atoms with Gasteiger partial charge in [0.2, 0.25) is 0 Å². The Bertz CT molecular complexity index is 136. The SMILES string of the molecule is C=CC=C=CC(C)CCC. The van der Waals surface area contributed by atoms with E-state index >= 15 is 0 Å². The molecule has 1 atom stereocenters. The van der Waals surface area contributed by atoms with E-state index in [0.717, 1.165) is 0 Å². The zero-order chi connectivity index (χ0) is 7.82. The van der Waals surface area contributed by atoms with Gasteiger partial charge in [0, 0.05) is 0 Å². The number of allylic oxidation sites excluding steroid dienone is 2. The molecule has 0 aliphatic carbocycles. The molecule has 0 spiro atoms. The molecule has 0 rings (SSSR count). The van der Waals surface area contributed by atoms with Crippen LogP contribution < -0.4 is 0 Å². The Morgan fingerprint density at radius 2 is 2.30 bits per heavy atom. The molecule has 0 aromatic carbocycles. The van der Waals surface area contributed by atoms with Crippen LogP contribution in [0.5, 0.6) is 0 Å². The van der Waals surface area contributed by atoms with Crippen molar-refractivity contribution in [3.8, 4) is 0 Å². The van der Waals surface area contributed by atoms with Gasteiger partial charge in [-0.2, -0.15) is 0 Å². The lowest BCUT2D eigenvalue weighted by atomic mass is 10.1. The molecule has 0 aliphatic rings. The van der Waals surface area contributed by atoms with Gasteiger partial charge in [-0.15, -0.1) is 5.73 Å². The van der Waals surface area contributed by atoms with Crippen LogP contribution in [0.4, 0.5) is 0 Å². The molecule has 56 valence electrons. The van der Waals surface area contributed by atoms with E-state index in [9.17, 15) is 0 Å². The van der Waals surface area contributed by atoms with Crippen molar-refractivity contribution in [1.29, 1.82) is 0 Å². The van der Waals surface area contributed by atoms with Crippen molar-refractivity contribution < 1.29 is 0 Å². The summed E-state index contributed by atoms with van der Waals surface area (Å²) in [6.45, 7) is 7.96. The van der Waals surface area contributed by atoms with E-state index in [-0.39, 0.29) is 0 Å². The largest absolute Gasteiger partial charge is 0.125 e. The van der Waals surface area contributed by atoms with Crippen molar-refractivity contribution in [2.75, 3.05) is 0 Å². The second kappa shape index (κ2) is 6.38. The van der Waals surface area contributed by atoms with Crippen LogP contribution in [0.1, 0.15) is 26.7 Å². The van der Waals surface area contributed by atoms with Crippen molar-refractivity contribution in [2.45, 2.75) is 26.7 Å². The standard InChI is InChI=1S/C10H16/c1-4-6-7-9-10(3)8-5-2/h4,6,9-10H,1,5,8H2,2-3H3. The highest BCUT2D eigenvalue weighted by Crippen LogP contribution is 2.04. The number of hydrogen-bond donors (Lipinski definition) is 0. The molecule has 0 saturated heterocycles. The van der Waals surface area contributed by atoms with Crippen LogP contribution in [-0.4, -0.2) is 0 Å². The highest BCUT2D eigenvalue weighted by molar-refractivity contribution is 4.98. The van der Waals surface area contributed by atoms with E-state index in [4.69, 9.17) is 0 Å². The second-order valence-corrected chi connectivity index (χ2v) is 2.50. The van der Waals surface area contributed by atoms with Crippen LogP contribution in [0.2, 0.25) is 0 Å². The maximum atomic E-state index is 3.57. The third-order valence-electron chi connectivity index (χ3n) is 1.34. The summed E-state index contributed by atoms with van der Waals surface area (Å²) < 4.78 is 0. The van der Waals surface area contributed by atoms with Gasteiger partial charge in [-0.05, 0) is 24.5 Å². The normalized spacial score (nSPS) is 11.4. The first-order valence-electron chi connectivity index (χ1n) is 3.84. The fourth-order valence-corrected chi connectivity index (χ4v) is 0.827. The monoisotopic (exact) mass is 136 g/mol. The van der Waals surface area contributed by atoms with Gasteiger partial charge >= 0.3 is 0 Å². The highest BCUT2D eigenvalue weighted by Gasteiger charge is 1.90.